The van der Waals surface area contributed by atoms with Crippen molar-refractivity contribution in [2.45, 2.75) is 0 Å². The molecule has 0 spiro atoms. The number of hydrogen-bond acceptors (Lipinski definition) is 1. The van der Waals surface area contributed by atoms with Crippen molar-refractivity contribution in [3.63, 3.8) is 0 Å². The topological polar surface area (TPSA) is 9.23 Å². The number of ether oxygens (including phenoxy) is 1. The summed E-state index contributed by atoms with van der Waals surface area (Å²) in [4.78, 5) is 0. The van der Waals surface area contributed by atoms with E-state index in [1.165, 1.54) is 0 Å². The minimum atomic E-state index is 0.710. The standard InChI is InChI=1S/C8H8Br2O.C2H4Br2/c9-5-6-11-8-3-1-7(10)2-4-8;3-1-2-4/h1-4H,5-6H2;1-2H2. The van der Waals surface area contributed by atoms with E-state index < -0.39 is 0 Å². The quantitative estimate of drug-likeness (QED) is 0.566. The van der Waals surface area contributed by atoms with Crippen LogP contribution in [0.4, 0.5) is 0 Å². The number of benzene rings is 1. The van der Waals surface area contributed by atoms with E-state index in [1.807, 2.05) is 24.3 Å². The first-order valence-corrected chi connectivity index (χ1v) is 8.46. The molecule has 0 aromatic heterocycles. The average Bonchev–Trinajstić information content (AvgIpc) is 2.29. The molecule has 0 fully saturated rings. The van der Waals surface area contributed by atoms with Crippen molar-refractivity contribution >= 4 is 63.7 Å². The Bertz CT molecular complexity index is 236. The Morgan fingerprint density at radius 3 is 1.80 bits per heavy atom. The SMILES string of the molecule is BrCCBr.BrCCOc1ccc(Br)cc1. The Labute approximate surface area is 124 Å². The van der Waals surface area contributed by atoms with Crippen molar-refractivity contribution < 1.29 is 4.74 Å². The van der Waals surface area contributed by atoms with Crippen LogP contribution >= 0.6 is 63.7 Å². The van der Waals surface area contributed by atoms with E-state index in [9.17, 15) is 0 Å². The van der Waals surface area contributed by atoms with Crippen molar-refractivity contribution in [3.8, 4) is 5.75 Å². The minimum Gasteiger partial charge on any atom is -0.493 e. The molecule has 0 aliphatic carbocycles. The number of halogens is 4. The zero-order valence-electron chi connectivity index (χ0n) is 8.06. The smallest absolute Gasteiger partial charge is 0.119 e. The summed E-state index contributed by atoms with van der Waals surface area (Å²) in [7, 11) is 0. The summed E-state index contributed by atoms with van der Waals surface area (Å²) in [5, 5.41) is 2.96. The summed E-state index contributed by atoms with van der Waals surface area (Å²) in [6.45, 7) is 0.710. The zero-order valence-corrected chi connectivity index (χ0v) is 14.4. The van der Waals surface area contributed by atoms with Crippen molar-refractivity contribution in [2.24, 2.45) is 0 Å². The molecule has 15 heavy (non-hydrogen) atoms. The van der Waals surface area contributed by atoms with Crippen molar-refractivity contribution in [3.05, 3.63) is 28.7 Å². The highest BCUT2D eigenvalue weighted by Gasteiger charge is 1.90. The summed E-state index contributed by atoms with van der Waals surface area (Å²) in [6, 6.07) is 7.80. The maximum Gasteiger partial charge on any atom is 0.119 e. The van der Waals surface area contributed by atoms with Crippen LogP contribution in [0, 0.1) is 0 Å². The fraction of sp³-hybridized carbons (Fsp3) is 0.400. The fourth-order valence-electron chi connectivity index (χ4n) is 0.687. The molecule has 1 aromatic rings. The predicted octanol–water partition coefficient (Wildman–Crippen LogP) is 5.00. The predicted molar refractivity (Wildman–Crippen MR) is 81.0 cm³/mol. The van der Waals surface area contributed by atoms with Gasteiger partial charge in [-0.15, -0.1) is 0 Å². The molecular formula is C10H12Br4O. The van der Waals surface area contributed by atoms with Gasteiger partial charge in [-0.05, 0) is 24.3 Å². The second-order valence-corrected chi connectivity index (χ2v) is 5.66. The monoisotopic (exact) mass is 464 g/mol. The third-order valence-corrected chi connectivity index (χ3v) is 3.94. The summed E-state index contributed by atoms with van der Waals surface area (Å²) in [6.07, 6.45) is 0. The molecule has 0 radical (unpaired) electrons. The average molecular weight is 468 g/mol. The van der Waals surface area contributed by atoms with Gasteiger partial charge in [0.1, 0.15) is 5.75 Å². The van der Waals surface area contributed by atoms with Crippen LogP contribution in [0.2, 0.25) is 0 Å². The van der Waals surface area contributed by atoms with Crippen molar-refractivity contribution in [1.29, 1.82) is 0 Å². The molecule has 5 heteroatoms. The van der Waals surface area contributed by atoms with Crippen LogP contribution in [-0.2, 0) is 0 Å². The molecule has 0 saturated heterocycles. The minimum absolute atomic E-state index is 0.710. The molecule has 0 unspecified atom stereocenters. The molecule has 0 amide bonds. The maximum atomic E-state index is 5.34. The lowest BCUT2D eigenvalue weighted by molar-refractivity contribution is 0.345. The first-order chi connectivity index (χ1) is 7.24. The summed E-state index contributed by atoms with van der Waals surface area (Å²) >= 11 is 13.0. The molecule has 86 valence electrons. The van der Waals surface area contributed by atoms with Gasteiger partial charge in [-0.2, -0.15) is 0 Å². The Hall–Kier alpha value is 0.940. The number of rotatable bonds is 4. The molecule has 1 aromatic carbocycles. The van der Waals surface area contributed by atoms with E-state index in [4.69, 9.17) is 4.74 Å². The molecule has 1 nitrogen and oxygen atoms in total. The van der Waals surface area contributed by atoms with Crippen LogP contribution in [-0.4, -0.2) is 22.6 Å². The molecule has 0 saturated carbocycles. The first kappa shape index (κ1) is 15.9. The van der Waals surface area contributed by atoms with Gasteiger partial charge in [-0.25, -0.2) is 0 Å². The van der Waals surface area contributed by atoms with Gasteiger partial charge in [0, 0.05) is 20.5 Å². The van der Waals surface area contributed by atoms with E-state index in [0.717, 1.165) is 26.2 Å². The number of hydrogen-bond donors (Lipinski definition) is 0. The zero-order chi connectivity index (χ0) is 11.5. The second-order valence-electron chi connectivity index (χ2n) is 2.37. The van der Waals surface area contributed by atoms with Crippen LogP contribution in [0.15, 0.2) is 28.7 Å². The van der Waals surface area contributed by atoms with Gasteiger partial charge in [0.05, 0.1) is 6.61 Å². The highest BCUT2D eigenvalue weighted by atomic mass is 79.9. The van der Waals surface area contributed by atoms with E-state index in [0.29, 0.717) is 6.61 Å². The Kier molecular flexibility index (Phi) is 12.1. The van der Waals surface area contributed by atoms with Gasteiger partial charge in [0.15, 0.2) is 0 Å². The normalized spacial score (nSPS) is 9.07. The highest BCUT2D eigenvalue weighted by Crippen LogP contribution is 2.15. The van der Waals surface area contributed by atoms with Crippen LogP contribution in [0.25, 0.3) is 0 Å². The third kappa shape index (κ3) is 9.85. The van der Waals surface area contributed by atoms with E-state index in [1.54, 1.807) is 0 Å². The van der Waals surface area contributed by atoms with E-state index in [-0.39, 0.29) is 0 Å². The van der Waals surface area contributed by atoms with Crippen LogP contribution in [0.3, 0.4) is 0 Å². The Balaban J connectivity index is 0.000000423. The molecule has 0 atom stereocenters. The molecule has 0 bridgehead atoms. The van der Waals surface area contributed by atoms with Crippen LogP contribution in [0.5, 0.6) is 5.75 Å². The van der Waals surface area contributed by atoms with Gasteiger partial charge >= 0.3 is 0 Å². The first-order valence-electron chi connectivity index (χ1n) is 4.30. The summed E-state index contributed by atoms with van der Waals surface area (Å²) < 4.78 is 6.42. The summed E-state index contributed by atoms with van der Waals surface area (Å²) in [5.74, 6) is 0.910. The van der Waals surface area contributed by atoms with Gasteiger partial charge in [-0.1, -0.05) is 63.7 Å². The van der Waals surface area contributed by atoms with E-state index in [2.05, 4.69) is 63.7 Å². The van der Waals surface area contributed by atoms with Crippen LogP contribution < -0.4 is 4.74 Å². The Morgan fingerprint density at radius 1 is 0.867 bits per heavy atom. The highest BCUT2D eigenvalue weighted by molar-refractivity contribution is 9.12. The Morgan fingerprint density at radius 2 is 1.40 bits per heavy atom. The molecule has 1 rings (SSSR count). The van der Waals surface area contributed by atoms with Gasteiger partial charge in [-0.3, -0.25) is 0 Å². The summed E-state index contributed by atoms with van der Waals surface area (Å²) in [5.41, 5.74) is 0. The van der Waals surface area contributed by atoms with E-state index >= 15 is 0 Å². The largest absolute Gasteiger partial charge is 0.493 e. The molecule has 0 aliphatic rings. The lowest BCUT2D eigenvalue weighted by Crippen LogP contribution is -1.96. The molecular weight excluding hydrogens is 456 g/mol. The maximum absolute atomic E-state index is 5.34. The van der Waals surface area contributed by atoms with Gasteiger partial charge < -0.3 is 4.74 Å². The van der Waals surface area contributed by atoms with Gasteiger partial charge in [0.25, 0.3) is 0 Å². The molecule has 0 aliphatic heterocycles. The number of alkyl halides is 3. The lowest BCUT2D eigenvalue weighted by Gasteiger charge is -2.02. The molecule has 0 N–H and O–H groups in total. The third-order valence-electron chi connectivity index (χ3n) is 1.23. The lowest BCUT2D eigenvalue weighted by atomic mass is 10.3. The van der Waals surface area contributed by atoms with Gasteiger partial charge in [0.2, 0.25) is 0 Å². The van der Waals surface area contributed by atoms with Crippen molar-refractivity contribution in [2.75, 3.05) is 22.6 Å². The second kappa shape index (κ2) is 11.4. The van der Waals surface area contributed by atoms with Crippen molar-refractivity contribution in [1.82, 2.24) is 0 Å². The fourth-order valence-corrected chi connectivity index (χ4v) is 1.11. The molecule has 0 heterocycles. The van der Waals surface area contributed by atoms with Crippen LogP contribution in [0.1, 0.15) is 0 Å².